The standard InChI is InChI=1S/C73H49F6N3/c1-43-14-5-9-18-53(43)48-25-32-66-60(37-48)61-38-49(54-19-10-6-15-44(54)2)26-33-67(61)81(66)52-29-30-57(71-64(72(74,75)76)22-13-23-65(71)73(77,78)79)58(41-52)59-36-47(42-80)24-31-68(59)82-69-34-27-50(55-20-11-7-16-45(55)3)39-62(69)63-40-51(28-35-70(63)82)56-21-12-8-17-46(56)4/h5-41H,1-4H3. The second-order valence-corrected chi connectivity index (χ2v) is 21.2. The van der Waals surface area contributed by atoms with E-state index in [0.717, 1.165) is 116 Å². The van der Waals surface area contributed by atoms with Crippen LogP contribution in [0.5, 0.6) is 0 Å². The third-order valence-electron chi connectivity index (χ3n) is 16.2. The van der Waals surface area contributed by atoms with Crippen LogP contribution in [0.25, 0.3) is 122 Å². The summed E-state index contributed by atoms with van der Waals surface area (Å²) in [7, 11) is 0. The van der Waals surface area contributed by atoms with Gasteiger partial charge in [-0.05, 0) is 197 Å². The summed E-state index contributed by atoms with van der Waals surface area (Å²) in [6.45, 7) is 8.23. The Hall–Kier alpha value is -9.91. The van der Waals surface area contributed by atoms with Gasteiger partial charge in [-0.2, -0.15) is 31.6 Å². The van der Waals surface area contributed by atoms with E-state index in [4.69, 9.17) is 0 Å². The molecule has 0 aliphatic rings. The fourth-order valence-corrected chi connectivity index (χ4v) is 12.3. The van der Waals surface area contributed by atoms with Crippen molar-refractivity contribution in [3.05, 3.63) is 263 Å². The fraction of sp³-hybridized carbons (Fsp3) is 0.0822. The molecule has 82 heavy (non-hydrogen) atoms. The molecule has 2 aromatic heterocycles. The molecule has 0 aliphatic heterocycles. The molecule has 11 aromatic carbocycles. The maximum absolute atomic E-state index is 15.6. The van der Waals surface area contributed by atoms with Crippen LogP contribution in [-0.2, 0) is 12.4 Å². The van der Waals surface area contributed by atoms with Crippen LogP contribution >= 0.6 is 0 Å². The van der Waals surface area contributed by atoms with Gasteiger partial charge in [0, 0.05) is 38.4 Å². The molecule has 13 aromatic rings. The number of rotatable bonds is 8. The molecule has 0 radical (unpaired) electrons. The summed E-state index contributed by atoms with van der Waals surface area (Å²) >= 11 is 0. The monoisotopic (exact) mass is 1080 g/mol. The number of benzene rings is 11. The Labute approximate surface area is 469 Å². The summed E-state index contributed by atoms with van der Waals surface area (Å²) in [6.07, 6.45) is -10.4. The molecule has 0 saturated carbocycles. The highest BCUT2D eigenvalue weighted by molar-refractivity contribution is 6.14. The number of aryl methyl sites for hydroxylation is 4. The Morgan fingerprint density at radius 2 is 0.707 bits per heavy atom. The number of hydrogen-bond donors (Lipinski definition) is 0. The maximum atomic E-state index is 15.6. The highest BCUT2D eigenvalue weighted by atomic mass is 19.4. The van der Waals surface area contributed by atoms with Gasteiger partial charge < -0.3 is 9.13 Å². The quantitative estimate of drug-likeness (QED) is 0.140. The minimum absolute atomic E-state index is 0.0536. The number of hydrogen-bond acceptors (Lipinski definition) is 1. The van der Waals surface area contributed by atoms with Gasteiger partial charge in [0.05, 0.1) is 50.5 Å². The summed E-state index contributed by atoms with van der Waals surface area (Å²) in [5, 5.41) is 14.2. The van der Waals surface area contributed by atoms with Gasteiger partial charge in [0.15, 0.2) is 0 Å². The van der Waals surface area contributed by atoms with Crippen molar-refractivity contribution in [1.29, 1.82) is 5.26 Å². The lowest BCUT2D eigenvalue weighted by molar-refractivity contribution is -0.142. The van der Waals surface area contributed by atoms with Gasteiger partial charge in [0.2, 0.25) is 0 Å². The Morgan fingerprint density at radius 3 is 1.07 bits per heavy atom. The van der Waals surface area contributed by atoms with Crippen LogP contribution in [-0.4, -0.2) is 9.13 Å². The predicted molar refractivity (Wildman–Crippen MR) is 321 cm³/mol. The number of nitriles is 1. The molecule has 0 bridgehead atoms. The molecule has 0 fully saturated rings. The first kappa shape index (κ1) is 51.5. The number of alkyl halides is 6. The first-order chi connectivity index (χ1) is 39.5. The van der Waals surface area contributed by atoms with E-state index in [1.165, 1.54) is 6.07 Å². The summed E-state index contributed by atoms with van der Waals surface area (Å²) in [4.78, 5) is 0. The highest BCUT2D eigenvalue weighted by Crippen LogP contribution is 2.50. The molecule has 398 valence electrons. The molecule has 2 heterocycles. The number of fused-ring (bicyclic) bond motifs is 6. The van der Waals surface area contributed by atoms with Crippen molar-refractivity contribution in [1.82, 2.24) is 9.13 Å². The molecule has 0 spiro atoms. The molecule has 0 atom stereocenters. The maximum Gasteiger partial charge on any atom is 0.417 e. The van der Waals surface area contributed by atoms with Gasteiger partial charge in [-0.15, -0.1) is 0 Å². The van der Waals surface area contributed by atoms with Crippen molar-refractivity contribution in [3.63, 3.8) is 0 Å². The summed E-state index contributed by atoms with van der Waals surface area (Å²) in [6, 6.07) is 71.3. The van der Waals surface area contributed by atoms with Crippen molar-refractivity contribution in [2.75, 3.05) is 0 Å². The van der Waals surface area contributed by atoms with Crippen molar-refractivity contribution in [3.8, 4) is 84.2 Å². The molecular weight excluding hydrogens is 1030 g/mol. The molecule has 0 amide bonds. The van der Waals surface area contributed by atoms with Gasteiger partial charge >= 0.3 is 12.4 Å². The van der Waals surface area contributed by atoms with E-state index < -0.39 is 29.0 Å². The minimum atomic E-state index is -5.20. The van der Waals surface area contributed by atoms with Crippen molar-refractivity contribution >= 4 is 43.6 Å². The zero-order chi connectivity index (χ0) is 56.8. The van der Waals surface area contributed by atoms with E-state index >= 15 is 26.3 Å². The summed E-state index contributed by atoms with van der Waals surface area (Å²) < 4.78 is 97.4. The molecule has 9 heteroatoms. The van der Waals surface area contributed by atoms with Gasteiger partial charge in [0.1, 0.15) is 0 Å². The van der Waals surface area contributed by atoms with Crippen LogP contribution in [0.3, 0.4) is 0 Å². The van der Waals surface area contributed by atoms with E-state index in [2.05, 4.69) is 107 Å². The predicted octanol–water partition coefficient (Wildman–Crippen LogP) is 21.0. The van der Waals surface area contributed by atoms with Crippen LogP contribution in [0.4, 0.5) is 26.3 Å². The average Bonchev–Trinajstić information content (AvgIpc) is 4.20. The average molecular weight is 1080 g/mol. The number of nitrogens with zero attached hydrogens (tertiary/aromatic N) is 3. The lowest BCUT2D eigenvalue weighted by Gasteiger charge is -2.23. The van der Waals surface area contributed by atoms with E-state index in [-0.39, 0.29) is 22.3 Å². The third kappa shape index (κ3) is 8.70. The lowest BCUT2D eigenvalue weighted by atomic mass is 9.86. The van der Waals surface area contributed by atoms with Gasteiger partial charge in [-0.25, -0.2) is 0 Å². The second kappa shape index (κ2) is 19.7. The van der Waals surface area contributed by atoms with Gasteiger partial charge in [-0.1, -0.05) is 133 Å². The molecule has 0 aliphatic carbocycles. The second-order valence-electron chi connectivity index (χ2n) is 21.2. The van der Waals surface area contributed by atoms with Crippen LogP contribution in [0.2, 0.25) is 0 Å². The molecule has 0 unspecified atom stereocenters. The Morgan fingerprint density at radius 1 is 0.329 bits per heavy atom. The van der Waals surface area contributed by atoms with Gasteiger partial charge in [-0.3, -0.25) is 0 Å². The summed E-state index contributed by atoms with van der Waals surface area (Å²) in [5.41, 5.74) is 12.5. The smallest absolute Gasteiger partial charge is 0.309 e. The van der Waals surface area contributed by atoms with E-state index in [1.807, 2.05) is 106 Å². The SMILES string of the molecule is Cc1ccccc1-c1ccc2c(c1)c1cc(-c3ccccc3C)ccc1n2-c1ccc(-c2c(C(F)(F)F)cccc2C(F)(F)F)c(-c2cc(C#N)ccc2-n2c3ccc(-c4ccccc4C)cc3c3cc(-c4ccccc4C)ccc32)c1. The van der Waals surface area contributed by atoms with Crippen LogP contribution in [0, 0.1) is 39.0 Å². The zero-order valence-corrected chi connectivity index (χ0v) is 45.0. The Bertz CT molecular complexity index is 4560. The van der Waals surface area contributed by atoms with Crippen LogP contribution in [0.15, 0.2) is 224 Å². The third-order valence-corrected chi connectivity index (χ3v) is 16.2. The number of halogens is 6. The van der Waals surface area contributed by atoms with E-state index in [9.17, 15) is 5.26 Å². The molecule has 3 nitrogen and oxygen atoms in total. The van der Waals surface area contributed by atoms with Crippen LogP contribution in [0.1, 0.15) is 38.9 Å². The fourth-order valence-electron chi connectivity index (χ4n) is 12.3. The molecular formula is C73H49F6N3. The van der Waals surface area contributed by atoms with E-state index in [1.54, 1.807) is 30.3 Å². The van der Waals surface area contributed by atoms with Crippen molar-refractivity contribution < 1.29 is 26.3 Å². The van der Waals surface area contributed by atoms with Crippen molar-refractivity contribution in [2.24, 2.45) is 0 Å². The number of aromatic nitrogens is 2. The molecule has 0 N–H and O–H groups in total. The minimum Gasteiger partial charge on any atom is -0.309 e. The Balaban J connectivity index is 1.14. The van der Waals surface area contributed by atoms with Crippen LogP contribution < -0.4 is 0 Å². The zero-order valence-electron chi connectivity index (χ0n) is 45.0. The largest absolute Gasteiger partial charge is 0.417 e. The van der Waals surface area contributed by atoms with Gasteiger partial charge in [0.25, 0.3) is 0 Å². The summed E-state index contributed by atoms with van der Waals surface area (Å²) in [5.74, 6) is 0. The topological polar surface area (TPSA) is 33.6 Å². The van der Waals surface area contributed by atoms with Crippen molar-refractivity contribution in [2.45, 2.75) is 40.0 Å². The first-order valence-corrected chi connectivity index (χ1v) is 26.9. The molecule has 13 rings (SSSR count). The van der Waals surface area contributed by atoms with E-state index in [0.29, 0.717) is 23.5 Å². The normalized spacial score (nSPS) is 12.0. The lowest BCUT2D eigenvalue weighted by Crippen LogP contribution is -2.14. The Kier molecular flexibility index (Phi) is 12.4. The first-order valence-electron chi connectivity index (χ1n) is 26.9. The highest BCUT2D eigenvalue weighted by Gasteiger charge is 2.42. The molecule has 0 saturated heterocycles.